The van der Waals surface area contributed by atoms with Crippen molar-refractivity contribution >= 4 is 16.9 Å². The lowest BCUT2D eigenvalue weighted by atomic mass is 9.90. The summed E-state index contributed by atoms with van der Waals surface area (Å²) in [6, 6.07) is 5.47. The van der Waals surface area contributed by atoms with Gasteiger partial charge >= 0.3 is 0 Å². The summed E-state index contributed by atoms with van der Waals surface area (Å²) in [6.45, 7) is 5.49. The Hall–Kier alpha value is -2.05. The minimum atomic E-state index is -0.761. The molecule has 6 heteroatoms. The molecule has 25 heavy (non-hydrogen) atoms. The van der Waals surface area contributed by atoms with E-state index in [1.54, 1.807) is 14.2 Å². The molecule has 1 aromatic carbocycles. The highest BCUT2D eigenvalue weighted by Gasteiger charge is 2.40. The number of carbonyl (C=O) groups excluding carboxylic acids is 1. The van der Waals surface area contributed by atoms with Crippen LogP contribution in [0, 0.1) is 6.92 Å². The molecule has 136 valence electrons. The van der Waals surface area contributed by atoms with Crippen LogP contribution < -0.4 is 15.4 Å². The molecule has 1 aliphatic heterocycles. The van der Waals surface area contributed by atoms with Crippen molar-refractivity contribution in [2.24, 2.45) is 0 Å². The summed E-state index contributed by atoms with van der Waals surface area (Å²) in [7, 11) is 3.25. The fourth-order valence-corrected chi connectivity index (χ4v) is 3.51. The van der Waals surface area contributed by atoms with Crippen molar-refractivity contribution in [2.45, 2.75) is 38.3 Å². The molecule has 2 aromatic rings. The predicted molar refractivity (Wildman–Crippen MR) is 95.9 cm³/mol. The van der Waals surface area contributed by atoms with Crippen LogP contribution in [0.25, 0.3) is 11.0 Å². The van der Waals surface area contributed by atoms with Crippen molar-refractivity contribution < 1.29 is 18.7 Å². The second-order valence-electron chi connectivity index (χ2n) is 6.60. The van der Waals surface area contributed by atoms with Crippen LogP contribution in [-0.4, -0.2) is 38.8 Å². The number of nitrogens with one attached hydrogen (secondary N) is 2. The minimum absolute atomic E-state index is 0.0820. The molecule has 1 saturated heterocycles. The van der Waals surface area contributed by atoms with Gasteiger partial charge in [0.25, 0.3) is 5.91 Å². The molecule has 1 aromatic heterocycles. The van der Waals surface area contributed by atoms with Crippen LogP contribution in [0.2, 0.25) is 0 Å². The van der Waals surface area contributed by atoms with Crippen LogP contribution in [0.4, 0.5) is 0 Å². The topological polar surface area (TPSA) is 72.7 Å². The van der Waals surface area contributed by atoms with E-state index in [-0.39, 0.29) is 11.9 Å². The first-order valence-corrected chi connectivity index (χ1v) is 8.64. The first-order chi connectivity index (χ1) is 12.0. The first kappa shape index (κ1) is 17.8. The Labute approximate surface area is 147 Å². The molecular formula is C19H26N2O4. The average molecular weight is 346 g/mol. The maximum atomic E-state index is 12.8. The summed E-state index contributed by atoms with van der Waals surface area (Å²) in [5.41, 5.74) is 1.04. The van der Waals surface area contributed by atoms with Crippen molar-refractivity contribution in [3.63, 3.8) is 0 Å². The van der Waals surface area contributed by atoms with Crippen LogP contribution in [0.1, 0.15) is 37.1 Å². The van der Waals surface area contributed by atoms with Crippen LogP contribution in [-0.2, 0) is 9.53 Å². The zero-order chi connectivity index (χ0) is 18.0. The normalized spacial score (nSPS) is 18.1. The second kappa shape index (κ2) is 7.06. The molecule has 1 fully saturated rings. The van der Waals surface area contributed by atoms with Crippen LogP contribution >= 0.6 is 0 Å². The van der Waals surface area contributed by atoms with Gasteiger partial charge in [-0.05, 0) is 58.0 Å². The second-order valence-corrected chi connectivity index (χ2v) is 6.60. The first-order valence-electron chi connectivity index (χ1n) is 8.64. The summed E-state index contributed by atoms with van der Waals surface area (Å²) in [6.07, 6.45) is 1.33. The quantitative estimate of drug-likeness (QED) is 0.871. The third kappa shape index (κ3) is 3.24. The van der Waals surface area contributed by atoms with Gasteiger partial charge in [-0.2, -0.15) is 0 Å². The van der Waals surface area contributed by atoms with E-state index >= 15 is 0 Å². The molecule has 0 radical (unpaired) electrons. The maximum Gasteiger partial charge on any atom is 0.252 e. The zero-order valence-electron chi connectivity index (χ0n) is 15.3. The molecule has 2 N–H and O–H groups in total. The third-order valence-electron chi connectivity index (χ3n) is 5.14. The number of carbonyl (C=O) groups is 1. The molecular weight excluding hydrogens is 320 g/mol. The molecule has 0 aliphatic carbocycles. The highest BCUT2D eigenvalue weighted by atomic mass is 16.5. The number of methoxy groups -OCH3 is 2. The van der Waals surface area contributed by atoms with Gasteiger partial charge in [-0.15, -0.1) is 0 Å². The van der Waals surface area contributed by atoms with E-state index in [0.717, 1.165) is 41.1 Å². The summed E-state index contributed by atoms with van der Waals surface area (Å²) in [5.74, 6) is 1.46. The van der Waals surface area contributed by atoms with Crippen molar-refractivity contribution in [2.75, 3.05) is 27.3 Å². The number of amides is 1. The Kier molecular flexibility index (Phi) is 5.01. The van der Waals surface area contributed by atoms with E-state index in [4.69, 9.17) is 13.9 Å². The number of hydrogen-bond acceptors (Lipinski definition) is 5. The monoisotopic (exact) mass is 346 g/mol. The fraction of sp³-hybridized carbons (Fsp3) is 0.526. The largest absolute Gasteiger partial charge is 0.497 e. The SMILES string of the molecule is COc1ccc2oc(C(C)NC(=O)C3(OC)CCNCC3)c(C)c2c1. The Morgan fingerprint density at radius 2 is 2.04 bits per heavy atom. The van der Waals surface area contributed by atoms with Gasteiger partial charge in [0.05, 0.1) is 13.2 Å². The Bertz CT molecular complexity index is 762. The Morgan fingerprint density at radius 3 is 2.68 bits per heavy atom. The van der Waals surface area contributed by atoms with Crippen molar-refractivity contribution in [1.29, 1.82) is 0 Å². The van der Waals surface area contributed by atoms with E-state index < -0.39 is 5.60 Å². The number of piperidine rings is 1. The molecule has 1 unspecified atom stereocenters. The highest BCUT2D eigenvalue weighted by molar-refractivity contribution is 5.87. The molecule has 0 saturated carbocycles. The van der Waals surface area contributed by atoms with Gasteiger partial charge in [0.1, 0.15) is 22.7 Å². The molecule has 6 nitrogen and oxygen atoms in total. The van der Waals surface area contributed by atoms with Crippen molar-refractivity contribution in [1.82, 2.24) is 10.6 Å². The predicted octanol–water partition coefficient (Wildman–Crippen LogP) is 2.70. The number of benzene rings is 1. The van der Waals surface area contributed by atoms with Gasteiger partial charge in [0.2, 0.25) is 0 Å². The summed E-state index contributed by atoms with van der Waals surface area (Å²) in [5, 5.41) is 7.33. The van der Waals surface area contributed by atoms with Gasteiger partial charge < -0.3 is 24.5 Å². The molecule has 0 spiro atoms. The number of rotatable bonds is 5. The highest BCUT2D eigenvalue weighted by Crippen LogP contribution is 2.32. The van der Waals surface area contributed by atoms with Gasteiger partial charge in [0.15, 0.2) is 0 Å². The number of ether oxygens (including phenoxy) is 2. The lowest BCUT2D eigenvalue weighted by Crippen LogP contribution is -2.54. The summed E-state index contributed by atoms with van der Waals surface area (Å²) >= 11 is 0. The lowest BCUT2D eigenvalue weighted by Gasteiger charge is -2.35. The molecule has 3 rings (SSSR count). The summed E-state index contributed by atoms with van der Waals surface area (Å²) in [4.78, 5) is 12.8. The standard InChI is InChI=1S/C19H26N2O4/c1-12-15-11-14(23-3)5-6-16(15)25-17(12)13(2)21-18(22)19(24-4)7-9-20-10-8-19/h5-6,11,13,20H,7-10H2,1-4H3,(H,21,22). The van der Waals surface area contributed by atoms with E-state index in [0.29, 0.717) is 12.8 Å². The van der Waals surface area contributed by atoms with Gasteiger partial charge in [-0.3, -0.25) is 4.79 Å². The van der Waals surface area contributed by atoms with Gasteiger partial charge in [-0.1, -0.05) is 0 Å². The molecule has 2 heterocycles. The molecule has 1 atom stereocenters. The molecule has 0 bridgehead atoms. The van der Waals surface area contributed by atoms with E-state index in [9.17, 15) is 4.79 Å². The van der Waals surface area contributed by atoms with Crippen molar-refractivity contribution in [3.8, 4) is 5.75 Å². The smallest absolute Gasteiger partial charge is 0.252 e. The maximum absolute atomic E-state index is 12.8. The Balaban J connectivity index is 1.83. The van der Waals surface area contributed by atoms with Crippen LogP contribution in [0.3, 0.4) is 0 Å². The Morgan fingerprint density at radius 1 is 1.32 bits per heavy atom. The number of furan rings is 1. The van der Waals surface area contributed by atoms with Crippen molar-refractivity contribution in [3.05, 3.63) is 29.5 Å². The minimum Gasteiger partial charge on any atom is -0.497 e. The van der Waals surface area contributed by atoms with E-state index in [1.807, 2.05) is 32.0 Å². The number of aryl methyl sites for hydroxylation is 1. The number of hydrogen-bond donors (Lipinski definition) is 2. The zero-order valence-corrected chi connectivity index (χ0v) is 15.3. The molecule has 1 amide bonds. The van der Waals surface area contributed by atoms with E-state index in [2.05, 4.69) is 10.6 Å². The van der Waals surface area contributed by atoms with Crippen LogP contribution in [0.15, 0.2) is 22.6 Å². The number of fused-ring (bicyclic) bond motifs is 1. The fourth-order valence-electron chi connectivity index (χ4n) is 3.51. The molecule has 1 aliphatic rings. The lowest BCUT2D eigenvalue weighted by molar-refractivity contribution is -0.147. The van der Waals surface area contributed by atoms with E-state index in [1.165, 1.54) is 0 Å². The summed E-state index contributed by atoms with van der Waals surface area (Å²) < 4.78 is 16.9. The van der Waals surface area contributed by atoms with Gasteiger partial charge in [-0.25, -0.2) is 0 Å². The third-order valence-corrected chi connectivity index (χ3v) is 5.14. The van der Waals surface area contributed by atoms with Crippen LogP contribution in [0.5, 0.6) is 5.75 Å². The van der Waals surface area contributed by atoms with Gasteiger partial charge in [0, 0.05) is 18.1 Å². The average Bonchev–Trinajstić information content (AvgIpc) is 2.98.